The van der Waals surface area contributed by atoms with Crippen LogP contribution in [-0.4, -0.2) is 42.3 Å². The van der Waals surface area contributed by atoms with E-state index in [-0.39, 0.29) is 17.7 Å². The largest absolute Gasteiger partial charge is 0.354 e. The molecule has 2 aromatic carbocycles. The lowest BCUT2D eigenvalue weighted by Crippen LogP contribution is -2.34. The third kappa shape index (κ3) is 4.23. The van der Waals surface area contributed by atoms with Crippen LogP contribution in [0.2, 0.25) is 0 Å². The number of amides is 3. The van der Waals surface area contributed by atoms with Gasteiger partial charge in [-0.3, -0.25) is 14.4 Å². The fourth-order valence-corrected chi connectivity index (χ4v) is 2.64. The van der Waals surface area contributed by atoms with Gasteiger partial charge in [-0.1, -0.05) is 18.2 Å². The molecule has 0 saturated carbocycles. The molecule has 2 N–H and O–H groups in total. The van der Waals surface area contributed by atoms with Crippen LogP contribution >= 0.6 is 0 Å². The van der Waals surface area contributed by atoms with Gasteiger partial charge >= 0.3 is 0 Å². The van der Waals surface area contributed by atoms with Crippen LogP contribution in [0, 0.1) is 0 Å². The third-order valence-electron chi connectivity index (χ3n) is 4.03. The first-order chi connectivity index (χ1) is 12.1. The van der Waals surface area contributed by atoms with Crippen LogP contribution in [0.4, 0.5) is 5.69 Å². The van der Waals surface area contributed by atoms with Crippen molar-refractivity contribution in [3.8, 4) is 0 Å². The summed E-state index contributed by atoms with van der Waals surface area (Å²) in [6, 6.07) is 15.7. The molecule has 0 bridgehead atoms. The van der Waals surface area contributed by atoms with Crippen molar-refractivity contribution in [2.75, 3.05) is 25.0 Å². The minimum Gasteiger partial charge on any atom is -0.354 e. The van der Waals surface area contributed by atoms with Crippen molar-refractivity contribution < 1.29 is 14.4 Å². The highest BCUT2D eigenvalue weighted by molar-refractivity contribution is 6.05. The Labute approximate surface area is 145 Å². The summed E-state index contributed by atoms with van der Waals surface area (Å²) in [7, 11) is 0. The van der Waals surface area contributed by atoms with E-state index in [1.165, 1.54) is 0 Å². The van der Waals surface area contributed by atoms with Crippen molar-refractivity contribution in [2.45, 2.75) is 6.42 Å². The third-order valence-corrected chi connectivity index (χ3v) is 4.03. The summed E-state index contributed by atoms with van der Waals surface area (Å²) in [4.78, 5) is 37.8. The van der Waals surface area contributed by atoms with Gasteiger partial charge in [-0.2, -0.15) is 0 Å². The minimum atomic E-state index is -0.227. The Morgan fingerprint density at radius 3 is 2.32 bits per heavy atom. The molecule has 6 nitrogen and oxygen atoms in total. The minimum absolute atomic E-state index is 0.0387. The molecular weight excluding hydrogens is 318 g/mol. The maximum absolute atomic E-state index is 12.5. The van der Waals surface area contributed by atoms with Crippen LogP contribution in [0.1, 0.15) is 27.1 Å². The van der Waals surface area contributed by atoms with E-state index in [2.05, 4.69) is 10.6 Å². The summed E-state index contributed by atoms with van der Waals surface area (Å²) >= 11 is 0. The highest BCUT2D eigenvalue weighted by Crippen LogP contribution is 2.12. The van der Waals surface area contributed by atoms with Gasteiger partial charge in [0.15, 0.2) is 0 Å². The number of rotatable bonds is 3. The van der Waals surface area contributed by atoms with E-state index < -0.39 is 0 Å². The second-order valence-corrected chi connectivity index (χ2v) is 5.79. The molecule has 0 radical (unpaired) electrons. The molecule has 0 spiro atoms. The van der Waals surface area contributed by atoms with Gasteiger partial charge in [-0.15, -0.1) is 0 Å². The van der Waals surface area contributed by atoms with Gasteiger partial charge in [0.1, 0.15) is 0 Å². The summed E-state index contributed by atoms with van der Waals surface area (Å²) in [5.74, 6) is -0.399. The van der Waals surface area contributed by atoms with Crippen LogP contribution < -0.4 is 10.6 Å². The van der Waals surface area contributed by atoms with Crippen LogP contribution in [0.3, 0.4) is 0 Å². The first kappa shape index (κ1) is 16.7. The predicted molar refractivity (Wildman–Crippen MR) is 94.4 cm³/mol. The first-order valence-corrected chi connectivity index (χ1v) is 8.16. The zero-order valence-corrected chi connectivity index (χ0v) is 13.7. The van der Waals surface area contributed by atoms with E-state index >= 15 is 0 Å². The summed E-state index contributed by atoms with van der Waals surface area (Å²) < 4.78 is 0. The number of hydrogen-bond donors (Lipinski definition) is 2. The quantitative estimate of drug-likeness (QED) is 0.898. The highest BCUT2D eigenvalue weighted by Gasteiger charge is 2.20. The number of nitrogens with one attached hydrogen (secondary N) is 2. The van der Waals surface area contributed by atoms with Crippen LogP contribution in [0.15, 0.2) is 54.6 Å². The second kappa shape index (κ2) is 7.61. The van der Waals surface area contributed by atoms with Crippen molar-refractivity contribution >= 4 is 23.4 Å². The van der Waals surface area contributed by atoms with E-state index in [0.29, 0.717) is 37.2 Å². The Balaban J connectivity index is 1.66. The maximum atomic E-state index is 12.5. The average molecular weight is 337 g/mol. The number of para-hydroxylation sites is 1. The number of carbonyl (C=O) groups excluding carboxylic acids is 3. The molecule has 1 fully saturated rings. The molecule has 3 amide bonds. The second-order valence-electron chi connectivity index (χ2n) is 5.79. The highest BCUT2D eigenvalue weighted by atomic mass is 16.2. The number of hydrogen-bond acceptors (Lipinski definition) is 3. The molecule has 1 saturated heterocycles. The van der Waals surface area contributed by atoms with Crippen LogP contribution in [0.5, 0.6) is 0 Å². The Morgan fingerprint density at radius 1 is 0.920 bits per heavy atom. The van der Waals surface area contributed by atoms with Crippen molar-refractivity contribution in [2.24, 2.45) is 0 Å². The molecule has 0 unspecified atom stereocenters. The SMILES string of the molecule is O=C1CCN(C(=O)c2ccc(C(=O)Nc3ccccc3)cc2)CCN1. The molecular formula is C19H19N3O3. The van der Waals surface area contributed by atoms with Gasteiger partial charge in [0.05, 0.1) is 0 Å². The van der Waals surface area contributed by atoms with E-state index in [4.69, 9.17) is 0 Å². The smallest absolute Gasteiger partial charge is 0.255 e. The summed E-state index contributed by atoms with van der Waals surface area (Å²) in [5.41, 5.74) is 1.70. The normalized spacial score (nSPS) is 14.4. The van der Waals surface area contributed by atoms with Crippen molar-refractivity contribution in [3.63, 3.8) is 0 Å². The summed E-state index contributed by atoms with van der Waals surface area (Å²) in [6.07, 6.45) is 0.309. The molecule has 0 aromatic heterocycles. The molecule has 0 atom stereocenters. The van der Waals surface area contributed by atoms with Gasteiger partial charge in [-0.25, -0.2) is 0 Å². The molecule has 25 heavy (non-hydrogen) atoms. The van der Waals surface area contributed by atoms with Crippen molar-refractivity contribution in [3.05, 3.63) is 65.7 Å². The molecule has 3 rings (SSSR count). The topological polar surface area (TPSA) is 78.5 Å². The van der Waals surface area contributed by atoms with E-state index in [0.717, 1.165) is 5.69 Å². The molecule has 1 aliphatic rings. The molecule has 0 aliphatic carbocycles. The zero-order valence-electron chi connectivity index (χ0n) is 13.7. The summed E-state index contributed by atoms with van der Waals surface area (Å²) in [5, 5.41) is 5.55. The predicted octanol–water partition coefficient (Wildman–Crippen LogP) is 1.90. The van der Waals surface area contributed by atoms with Gasteiger partial charge in [0.2, 0.25) is 5.91 Å². The first-order valence-electron chi connectivity index (χ1n) is 8.16. The zero-order chi connectivity index (χ0) is 17.6. The molecule has 2 aromatic rings. The number of anilines is 1. The lowest BCUT2D eigenvalue weighted by Gasteiger charge is -2.19. The number of nitrogens with zero attached hydrogens (tertiary/aromatic N) is 1. The van der Waals surface area contributed by atoms with Gasteiger partial charge in [0.25, 0.3) is 11.8 Å². The fraction of sp³-hybridized carbons (Fsp3) is 0.211. The average Bonchev–Trinajstić information content (AvgIpc) is 2.86. The van der Waals surface area contributed by atoms with E-state index in [9.17, 15) is 14.4 Å². The molecule has 128 valence electrons. The fourth-order valence-electron chi connectivity index (χ4n) is 2.64. The monoisotopic (exact) mass is 337 g/mol. The van der Waals surface area contributed by atoms with Gasteiger partial charge in [0, 0.05) is 42.9 Å². The Bertz CT molecular complexity index is 772. The van der Waals surface area contributed by atoms with Crippen molar-refractivity contribution in [1.82, 2.24) is 10.2 Å². The standard InChI is InChI=1S/C19H19N3O3/c23-17-10-12-22(13-11-20-17)19(25)15-8-6-14(7-9-15)18(24)21-16-4-2-1-3-5-16/h1-9H,10-13H2,(H,20,23)(H,21,24). The van der Waals surface area contributed by atoms with Crippen molar-refractivity contribution in [1.29, 1.82) is 0 Å². The number of benzene rings is 2. The molecule has 1 heterocycles. The Hall–Kier alpha value is -3.15. The number of carbonyl (C=O) groups is 3. The Morgan fingerprint density at radius 2 is 1.60 bits per heavy atom. The maximum Gasteiger partial charge on any atom is 0.255 e. The van der Waals surface area contributed by atoms with Gasteiger partial charge in [-0.05, 0) is 36.4 Å². The van der Waals surface area contributed by atoms with E-state index in [1.54, 1.807) is 29.2 Å². The van der Waals surface area contributed by atoms with Gasteiger partial charge < -0.3 is 15.5 Å². The lowest BCUT2D eigenvalue weighted by atomic mass is 10.1. The van der Waals surface area contributed by atoms with Crippen LogP contribution in [0.25, 0.3) is 0 Å². The summed E-state index contributed by atoms with van der Waals surface area (Å²) in [6.45, 7) is 1.35. The molecule has 6 heteroatoms. The van der Waals surface area contributed by atoms with Crippen LogP contribution in [-0.2, 0) is 4.79 Å². The Kier molecular flexibility index (Phi) is 5.09. The van der Waals surface area contributed by atoms with E-state index in [1.807, 2.05) is 30.3 Å². The lowest BCUT2D eigenvalue weighted by molar-refractivity contribution is -0.120. The molecule has 1 aliphatic heterocycles.